The Balaban J connectivity index is 1.25. The second-order valence-corrected chi connectivity index (χ2v) is 7.65. The van der Waals surface area contributed by atoms with Gasteiger partial charge in [-0.2, -0.15) is 0 Å². The van der Waals surface area contributed by atoms with Crippen molar-refractivity contribution in [2.24, 2.45) is 0 Å². The quantitative estimate of drug-likeness (QED) is 0.621. The Kier molecular flexibility index (Phi) is 8.39. The molecule has 0 saturated carbocycles. The number of carbonyl (C=O) groups is 2. The number of hydrogen-bond acceptors (Lipinski definition) is 4. The average molecular weight is 430 g/mol. The number of ether oxygens (including phenoxy) is 1. The topological polar surface area (TPSA) is 61.9 Å². The Morgan fingerprint density at radius 2 is 1.63 bits per heavy atom. The first-order chi connectivity index (χ1) is 14.6. The number of amides is 2. The van der Waals surface area contributed by atoms with Gasteiger partial charge in [0.15, 0.2) is 0 Å². The van der Waals surface area contributed by atoms with Crippen LogP contribution in [0.2, 0.25) is 5.02 Å². The lowest BCUT2D eigenvalue weighted by atomic mass is 10.2. The zero-order valence-corrected chi connectivity index (χ0v) is 17.8. The number of nitrogens with one attached hydrogen (secondary N) is 1. The van der Waals surface area contributed by atoms with Crippen molar-refractivity contribution in [2.45, 2.75) is 19.3 Å². The van der Waals surface area contributed by atoms with Gasteiger partial charge in [-0.1, -0.05) is 29.8 Å². The third-order valence-corrected chi connectivity index (χ3v) is 5.30. The highest BCUT2D eigenvalue weighted by molar-refractivity contribution is 6.30. The molecule has 0 aliphatic carbocycles. The molecule has 0 aromatic heterocycles. The highest BCUT2D eigenvalue weighted by Crippen LogP contribution is 2.16. The molecule has 160 valence electrons. The monoisotopic (exact) mass is 429 g/mol. The van der Waals surface area contributed by atoms with E-state index in [1.807, 2.05) is 23.1 Å². The number of para-hydroxylation sites is 1. The van der Waals surface area contributed by atoms with E-state index in [-0.39, 0.29) is 11.8 Å². The van der Waals surface area contributed by atoms with Gasteiger partial charge in [-0.05, 0) is 42.8 Å². The van der Waals surface area contributed by atoms with Crippen molar-refractivity contribution in [3.05, 3.63) is 59.6 Å². The van der Waals surface area contributed by atoms with Crippen LogP contribution in [0.1, 0.15) is 19.3 Å². The van der Waals surface area contributed by atoms with Crippen LogP contribution in [0.25, 0.3) is 0 Å². The second-order valence-electron chi connectivity index (χ2n) is 7.21. The zero-order chi connectivity index (χ0) is 21.2. The highest BCUT2D eigenvalue weighted by atomic mass is 35.5. The maximum atomic E-state index is 12.4. The lowest BCUT2D eigenvalue weighted by Gasteiger charge is -2.36. The summed E-state index contributed by atoms with van der Waals surface area (Å²) < 4.78 is 5.57. The number of piperazine rings is 1. The van der Waals surface area contributed by atoms with Crippen LogP contribution in [0.15, 0.2) is 54.6 Å². The summed E-state index contributed by atoms with van der Waals surface area (Å²) in [6.07, 6.45) is 1.32. The van der Waals surface area contributed by atoms with E-state index in [4.69, 9.17) is 16.3 Å². The summed E-state index contributed by atoms with van der Waals surface area (Å²) in [7, 11) is 0. The average Bonchev–Trinajstić information content (AvgIpc) is 2.78. The van der Waals surface area contributed by atoms with Gasteiger partial charge in [-0.25, -0.2) is 0 Å². The fraction of sp³-hybridized carbons (Fsp3) is 0.391. The van der Waals surface area contributed by atoms with Crippen LogP contribution < -0.4 is 15.0 Å². The van der Waals surface area contributed by atoms with Gasteiger partial charge in [0.1, 0.15) is 5.75 Å². The minimum Gasteiger partial charge on any atom is -0.494 e. The van der Waals surface area contributed by atoms with E-state index >= 15 is 0 Å². The summed E-state index contributed by atoms with van der Waals surface area (Å²) in [4.78, 5) is 28.5. The van der Waals surface area contributed by atoms with Gasteiger partial charge in [0.25, 0.3) is 0 Å². The number of benzene rings is 2. The number of rotatable bonds is 9. The van der Waals surface area contributed by atoms with Crippen molar-refractivity contribution >= 4 is 29.1 Å². The van der Waals surface area contributed by atoms with Crippen LogP contribution in [-0.4, -0.2) is 56.0 Å². The summed E-state index contributed by atoms with van der Waals surface area (Å²) in [6.45, 7) is 3.91. The number of carbonyl (C=O) groups excluding carboxylic acids is 2. The Morgan fingerprint density at radius 1 is 0.933 bits per heavy atom. The largest absolute Gasteiger partial charge is 0.494 e. The molecule has 2 aromatic carbocycles. The zero-order valence-electron chi connectivity index (χ0n) is 17.1. The van der Waals surface area contributed by atoms with E-state index in [0.29, 0.717) is 50.5 Å². The van der Waals surface area contributed by atoms with Gasteiger partial charge in [-0.15, -0.1) is 0 Å². The van der Waals surface area contributed by atoms with Crippen LogP contribution in [0.5, 0.6) is 5.75 Å². The molecular weight excluding hydrogens is 402 g/mol. The molecule has 7 heteroatoms. The smallest absolute Gasteiger partial charge is 0.224 e. The van der Waals surface area contributed by atoms with Gasteiger partial charge >= 0.3 is 0 Å². The Labute approximate surface area is 182 Å². The van der Waals surface area contributed by atoms with E-state index in [1.54, 1.807) is 24.3 Å². The second kappa shape index (κ2) is 11.5. The highest BCUT2D eigenvalue weighted by Gasteiger charge is 2.20. The maximum Gasteiger partial charge on any atom is 0.224 e. The van der Waals surface area contributed by atoms with Crippen molar-refractivity contribution in [2.75, 3.05) is 44.2 Å². The van der Waals surface area contributed by atoms with E-state index in [1.165, 1.54) is 5.69 Å². The van der Waals surface area contributed by atoms with Gasteiger partial charge < -0.3 is 19.9 Å². The normalized spacial score (nSPS) is 13.8. The molecule has 0 unspecified atom stereocenters. The molecule has 1 saturated heterocycles. The van der Waals surface area contributed by atoms with Crippen LogP contribution in [-0.2, 0) is 9.59 Å². The maximum absolute atomic E-state index is 12.4. The predicted octanol–water partition coefficient (Wildman–Crippen LogP) is 3.35. The Hall–Kier alpha value is -2.73. The van der Waals surface area contributed by atoms with Crippen LogP contribution >= 0.6 is 11.6 Å². The van der Waals surface area contributed by atoms with E-state index in [0.717, 1.165) is 18.8 Å². The fourth-order valence-electron chi connectivity index (χ4n) is 3.36. The van der Waals surface area contributed by atoms with Crippen LogP contribution in [0.3, 0.4) is 0 Å². The van der Waals surface area contributed by atoms with Crippen molar-refractivity contribution < 1.29 is 14.3 Å². The molecule has 1 heterocycles. The molecule has 1 fully saturated rings. The molecule has 6 nitrogen and oxygen atoms in total. The number of anilines is 1. The van der Waals surface area contributed by atoms with Crippen molar-refractivity contribution in [1.29, 1.82) is 0 Å². The molecular formula is C23H28ClN3O3. The van der Waals surface area contributed by atoms with E-state index in [9.17, 15) is 9.59 Å². The Morgan fingerprint density at radius 3 is 2.33 bits per heavy atom. The summed E-state index contributed by atoms with van der Waals surface area (Å²) in [5, 5.41) is 3.49. The van der Waals surface area contributed by atoms with Gasteiger partial charge in [0, 0.05) is 56.3 Å². The predicted molar refractivity (Wildman–Crippen MR) is 119 cm³/mol. The molecule has 2 aromatic rings. The number of halogens is 1. The third-order valence-electron chi connectivity index (χ3n) is 5.05. The minimum atomic E-state index is -0.0589. The molecule has 0 atom stereocenters. The molecule has 30 heavy (non-hydrogen) atoms. The Bertz CT molecular complexity index is 806. The number of nitrogens with zero attached hydrogens (tertiary/aromatic N) is 2. The summed E-state index contributed by atoms with van der Waals surface area (Å²) in [5.74, 6) is 0.767. The summed E-state index contributed by atoms with van der Waals surface area (Å²) >= 11 is 5.83. The summed E-state index contributed by atoms with van der Waals surface area (Å²) in [6, 6.07) is 17.4. The molecule has 1 N–H and O–H groups in total. The van der Waals surface area contributed by atoms with Crippen molar-refractivity contribution in [3.8, 4) is 5.75 Å². The minimum absolute atomic E-state index is 0.0589. The molecule has 1 aliphatic rings. The molecule has 0 radical (unpaired) electrons. The summed E-state index contributed by atoms with van der Waals surface area (Å²) in [5.41, 5.74) is 1.19. The van der Waals surface area contributed by atoms with Gasteiger partial charge in [0.2, 0.25) is 11.8 Å². The lowest BCUT2D eigenvalue weighted by molar-refractivity contribution is -0.131. The van der Waals surface area contributed by atoms with Crippen molar-refractivity contribution in [3.63, 3.8) is 0 Å². The SMILES string of the molecule is O=C(CCCOc1ccc(Cl)cc1)NCCC(=O)N1CCN(c2ccccc2)CC1. The van der Waals surface area contributed by atoms with Crippen LogP contribution in [0.4, 0.5) is 5.69 Å². The molecule has 0 bridgehead atoms. The third kappa shape index (κ3) is 6.95. The first-order valence-electron chi connectivity index (χ1n) is 10.3. The first kappa shape index (κ1) is 22.0. The molecule has 3 rings (SSSR count). The molecule has 1 aliphatic heterocycles. The molecule has 0 spiro atoms. The van der Waals surface area contributed by atoms with E-state index in [2.05, 4.69) is 22.3 Å². The van der Waals surface area contributed by atoms with Gasteiger partial charge in [-0.3, -0.25) is 9.59 Å². The van der Waals surface area contributed by atoms with Crippen molar-refractivity contribution in [1.82, 2.24) is 10.2 Å². The first-order valence-corrected chi connectivity index (χ1v) is 10.7. The van der Waals surface area contributed by atoms with E-state index < -0.39 is 0 Å². The number of hydrogen-bond donors (Lipinski definition) is 1. The fourth-order valence-corrected chi connectivity index (χ4v) is 3.49. The van der Waals surface area contributed by atoms with Crippen LogP contribution in [0, 0.1) is 0 Å². The standard InChI is InChI=1S/C23H28ClN3O3/c24-19-8-10-21(11-9-19)30-18-4-7-22(28)25-13-12-23(29)27-16-14-26(15-17-27)20-5-2-1-3-6-20/h1-3,5-6,8-11H,4,7,12-18H2,(H,25,28). The van der Waals surface area contributed by atoms with Gasteiger partial charge in [0.05, 0.1) is 6.61 Å². The molecule has 2 amide bonds. The lowest BCUT2D eigenvalue weighted by Crippen LogP contribution is -2.49.